The van der Waals surface area contributed by atoms with Crippen LogP contribution in [-0.4, -0.2) is 18.2 Å². The van der Waals surface area contributed by atoms with E-state index in [1.165, 1.54) is 5.56 Å². The first-order chi connectivity index (χ1) is 9.28. The van der Waals surface area contributed by atoms with Crippen LogP contribution in [0.3, 0.4) is 0 Å². The Labute approximate surface area is 121 Å². The van der Waals surface area contributed by atoms with Crippen LogP contribution in [0, 0.1) is 6.92 Å². The maximum atomic E-state index is 11.4. The van der Waals surface area contributed by atoms with Crippen molar-refractivity contribution in [3.63, 3.8) is 0 Å². The molecule has 110 valence electrons. The van der Waals surface area contributed by atoms with E-state index >= 15 is 0 Å². The van der Waals surface area contributed by atoms with Gasteiger partial charge >= 0.3 is 6.09 Å². The van der Waals surface area contributed by atoms with Gasteiger partial charge in [0.1, 0.15) is 5.60 Å². The van der Waals surface area contributed by atoms with Crippen molar-refractivity contribution < 1.29 is 9.53 Å². The minimum atomic E-state index is -0.462. The molecule has 1 amide bonds. The molecule has 0 fully saturated rings. The molecule has 0 spiro atoms. The highest BCUT2D eigenvalue weighted by molar-refractivity contribution is 5.68. The number of anilines is 1. The van der Waals surface area contributed by atoms with Gasteiger partial charge in [0.05, 0.1) is 0 Å². The number of hydrogen-bond donors (Lipinski definition) is 2. The van der Waals surface area contributed by atoms with Crippen molar-refractivity contribution in [2.45, 2.75) is 39.7 Å². The molecule has 0 aromatic heterocycles. The number of nitrogens with one attached hydrogen (secondary N) is 1. The van der Waals surface area contributed by atoms with Crippen molar-refractivity contribution in [1.82, 2.24) is 5.32 Å². The van der Waals surface area contributed by atoms with Crippen LogP contribution >= 0.6 is 0 Å². The van der Waals surface area contributed by atoms with Gasteiger partial charge in [0.25, 0.3) is 0 Å². The van der Waals surface area contributed by atoms with Gasteiger partial charge < -0.3 is 15.8 Å². The quantitative estimate of drug-likeness (QED) is 0.653. The number of carbonyl (C=O) groups excluding carboxylic acids is 1. The number of ether oxygens (including phenoxy) is 1. The highest BCUT2D eigenvalue weighted by Crippen LogP contribution is 2.15. The third kappa shape index (κ3) is 6.27. The minimum Gasteiger partial charge on any atom is -0.444 e. The molecule has 0 saturated carbocycles. The minimum absolute atomic E-state index is 0.388. The van der Waals surface area contributed by atoms with E-state index in [2.05, 4.69) is 5.32 Å². The Kier molecular flexibility index (Phi) is 5.62. The number of nitrogen functional groups attached to an aromatic ring is 1. The number of aryl methyl sites for hydroxylation is 1. The number of carbonyl (C=O) groups is 1. The van der Waals surface area contributed by atoms with Gasteiger partial charge in [0.15, 0.2) is 0 Å². The van der Waals surface area contributed by atoms with Crippen LogP contribution in [0.1, 0.15) is 38.3 Å². The molecule has 1 aromatic carbocycles. The molecule has 3 N–H and O–H groups in total. The maximum absolute atomic E-state index is 11.4. The smallest absolute Gasteiger partial charge is 0.407 e. The molecule has 1 aromatic rings. The Hall–Kier alpha value is -1.97. The first-order valence-corrected chi connectivity index (χ1v) is 6.77. The average Bonchev–Trinajstić information content (AvgIpc) is 2.30. The predicted molar refractivity (Wildman–Crippen MR) is 83.5 cm³/mol. The van der Waals surface area contributed by atoms with Gasteiger partial charge in [0, 0.05) is 12.2 Å². The van der Waals surface area contributed by atoms with Gasteiger partial charge in [-0.05, 0) is 51.8 Å². The van der Waals surface area contributed by atoms with E-state index in [0.717, 1.165) is 17.7 Å². The Balaban J connectivity index is 2.36. The van der Waals surface area contributed by atoms with Gasteiger partial charge in [-0.1, -0.05) is 23.8 Å². The van der Waals surface area contributed by atoms with Crippen molar-refractivity contribution in [3.05, 3.63) is 35.4 Å². The summed E-state index contributed by atoms with van der Waals surface area (Å²) in [5, 5.41) is 2.71. The molecule has 0 aliphatic heterocycles. The van der Waals surface area contributed by atoms with E-state index in [1.807, 2.05) is 58.0 Å². The summed E-state index contributed by atoms with van der Waals surface area (Å²) in [7, 11) is 0. The van der Waals surface area contributed by atoms with Crippen molar-refractivity contribution in [2.24, 2.45) is 0 Å². The van der Waals surface area contributed by atoms with E-state index in [-0.39, 0.29) is 6.09 Å². The van der Waals surface area contributed by atoms with E-state index in [4.69, 9.17) is 10.5 Å². The fourth-order valence-electron chi connectivity index (χ4n) is 1.62. The first kappa shape index (κ1) is 16.1. The van der Waals surface area contributed by atoms with Gasteiger partial charge in [-0.3, -0.25) is 0 Å². The van der Waals surface area contributed by atoms with Crippen molar-refractivity contribution in [2.75, 3.05) is 12.3 Å². The lowest BCUT2D eigenvalue weighted by atomic mass is 10.1. The van der Waals surface area contributed by atoms with Crippen molar-refractivity contribution in [3.8, 4) is 0 Å². The van der Waals surface area contributed by atoms with Crippen LogP contribution in [0.4, 0.5) is 10.5 Å². The summed E-state index contributed by atoms with van der Waals surface area (Å²) in [6.07, 6.45) is 4.30. The number of nitrogens with two attached hydrogens (primary N) is 1. The van der Waals surface area contributed by atoms with E-state index in [9.17, 15) is 4.79 Å². The molecule has 4 nitrogen and oxygen atoms in total. The number of benzene rings is 1. The molecule has 0 aliphatic carbocycles. The largest absolute Gasteiger partial charge is 0.444 e. The highest BCUT2D eigenvalue weighted by Gasteiger charge is 2.15. The fraction of sp³-hybridized carbons (Fsp3) is 0.438. The molecule has 0 aliphatic rings. The summed E-state index contributed by atoms with van der Waals surface area (Å²) in [6.45, 7) is 8.09. The Morgan fingerprint density at radius 1 is 1.40 bits per heavy atom. The summed E-state index contributed by atoms with van der Waals surface area (Å²) in [5.74, 6) is 0. The zero-order valence-corrected chi connectivity index (χ0v) is 12.7. The van der Waals surface area contributed by atoms with Crippen LogP contribution in [0.15, 0.2) is 24.3 Å². The number of rotatable bonds is 4. The molecule has 1 rings (SSSR count). The molecule has 0 atom stereocenters. The summed E-state index contributed by atoms with van der Waals surface area (Å²) >= 11 is 0. The second kappa shape index (κ2) is 6.98. The SMILES string of the molecule is Cc1ccc(N)c(C=CCCNC(=O)OC(C)(C)C)c1. The Morgan fingerprint density at radius 3 is 2.75 bits per heavy atom. The second-order valence-electron chi connectivity index (χ2n) is 5.75. The first-order valence-electron chi connectivity index (χ1n) is 6.77. The Bertz CT molecular complexity index is 488. The summed E-state index contributed by atoms with van der Waals surface area (Å²) < 4.78 is 5.14. The number of alkyl carbamates (subject to hydrolysis) is 1. The molecular formula is C16H24N2O2. The van der Waals surface area contributed by atoms with Crippen LogP contribution in [-0.2, 0) is 4.74 Å². The predicted octanol–water partition coefficient (Wildman–Crippen LogP) is 3.51. The maximum Gasteiger partial charge on any atom is 0.407 e. The molecular weight excluding hydrogens is 252 g/mol. The van der Waals surface area contributed by atoms with Crippen LogP contribution in [0.2, 0.25) is 0 Å². The molecule has 20 heavy (non-hydrogen) atoms. The van der Waals surface area contributed by atoms with Crippen LogP contribution in [0.25, 0.3) is 6.08 Å². The number of hydrogen-bond acceptors (Lipinski definition) is 3. The average molecular weight is 276 g/mol. The second-order valence-corrected chi connectivity index (χ2v) is 5.75. The lowest BCUT2D eigenvalue weighted by molar-refractivity contribution is 0.0529. The number of amides is 1. The third-order valence-electron chi connectivity index (χ3n) is 2.52. The van der Waals surface area contributed by atoms with Crippen molar-refractivity contribution in [1.29, 1.82) is 0 Å². The van der Waals surface area contributed by atoms with E-state index in [0.29, 0.717) is 6.54 Å². The van der Waals surface area contributed by atoms with Crippen LogP contribution < -0.4 is 11.1 Å². The monoisotopic (exact) mass is 276 g/mol. The lowest BCUT2D eigenvalue weighted by Gasteiger charge is -2.19. The summed E-state index contributed by atoms with van der Waals surface area (Å²) in [6, 6.07) is 5.91. The lowest BCUT2D eigenvalue weighted by Crippen LogP contribution is -2.32. The standard InChI is InChI=1S/C16H24N2O2/c1-12-8-9-14(17)13(11-12)7-5-6-10-18-15(19)20-16(2,3)4/h5,7-9,11H,6,10,17H2,1-4H3,(H,18,19). The summed E-state index contributed by atoms with van der Waals surface area (Å²) in [4.78, 5) is 11.4. The molecule has 0 saturated heterocycles. The zero-order chi connectivity index (χ0) is 15.2. The van der Waals surface area contributed by atoms with E-state index in [1.54, 1.807) is 0 Å². The topological polar surface area (TPSA) is 64.3 Å². The molecule has 0 heterocycles. The van der Waals surface area contributed by atoms with Gasteiger partial charge in [-0.2, -0.15) is 0 Å². The summed E-state index contributed by atoms with van der Waals surface area (Å²) in [5.41, 5.74) is 8.35. The molecule has 0 radical (unpaired) electrons. The van der Waals surface area contributed by atoms with Crippen molar-refractivity contribution >= 4 is 17.9 Å². The van der Waals surface area contributed by atoms with Gasteiger partial charge in [0.2, 0.25) is 0 Å². The Morgan fingerprint density at radius 2 is 2.10 bits per heavy atom. The highest BCUT2D eigenvalue weighted by atomic mass is 16.6. The van der Waals surface area contributed by atoms with E-state index < -0.39 is 5.60 Å². The normalized spacial score (nSPS) is 11.6. The fourth-order valence-corrected chi connectivity index (χ4v) is 1.62. The molecule has 0 unspecified atom stereocenters. The molecule has 4 heteroatoms. The molecule has 0 bridgehead atoms. The zero-order valence-electron chi connectivity index (χ0n) is 12.7. The van der Waals surface area contributed by atoms with Crippen LogP contribution in [0.5, 0.6) is 0 Å². The van der Waals surface area contributed by atoms with Gasteiger partial charge in [-0.25, -0.2) is 4.79 Å². The third-order valence-corrected chi connectivity index (χ3v) is 2.52. The van der Waals surface area contributed by atoms with Gasteiger partial charge in [-0.15, -0.1) is 0 Å².